The van der Waals surface area contributed by atoms with E-state index in [2.05, 4.69) is 15.0 Å². The van der Waals surface area contributed by atoms with Crippen LogP contribution in [0.3, 0.4) is 0 Å². The van der Waals surface area contributed by atoms with Crippen molar-refractivity contribution in [2.75, 3.05) is 6.61 Å². The number of hydrogen-bond donors (Lipinski definition) is 0. The molecule has 0 spiro atoms. The predicted octanol–water partition coefficient (Wildman–Crippen LogP) is 3.36. The van der Waals surface area contributed by atoms with E-state index in [1.165, 1.54) is 0 Å². The third-order valence-electron chi connectivity index (χ3n) is 4.39. The molecule has 4 rings (SSSR count). The maximum absolute atomic E-state index is 12.6. The first-order valence-corrected chi connectivity index (χ1v) is 9.16. The second-order valence-electron chi connectivity index (χ2n) is 6.29. The van der Waals surface area contributed by atoms with Crippen LogP contribution in [0, 0.1) is 0 Å². The summed E-state index contributed by atoms with van der Waals surface area (Å²) in [6, 6.07) is 22.0. The fourth-order valence-corrected chi connectivity index (χ4v) is 3.04. The van der Waals surface area contributed by atoms with Crippen LogP contribution in [0.4, 0.5) is 5.69 Å². The molecule has 1 unspecified atom stereocenters. The van der Waals surface area contributed by atoms with E-state index in [1.807, 2.05) is 73.7 Å². The van der Waals surface area contributed by atoms with Crippen LogP contribution in [0.25, 0.3) is 0 Å². The van der Waals surface area contributed by atoms with Gasteiger partial charge in [-0.2, -0.15) is 0 Å². The average Bonchev–Trinajstić information content (AvgIpc) is 2.73. The minimum Gasteiger partial charge on any atom is -0.494 e. The molecular formula is C23H19N3O2. The first-order valence-electron chi connectivity index (χ1n) is 9.16. The fourth-order valence-electron chi connectivity index (χ4n) is 3.04. The lowest BCUT2D eigenvalue weighted by molar-refractivity contribution is -0.119. The average molecular weight is 369 g/mol. The van der Waals surface area contributed by atoms with Gasteiger partial charge in [0.25, 0.3) is 5.91 Å². The summed E-state index contributed by atoms with van der Waals surface area (Å²) in [5.74, 6) is 0.550. The molecule has 0 bridgehead atoms. The molecule has 3 aromatic rings. The number of amides is 1. The number of para-hydroxylation sites is 3. The van der Waals surface area contributed by atoms with Gasteiger partial charge in [-0.3, -0.25) is 14.8 Å². The molecule has 5 nitrogen and oxygen atoms in total. The summed E-state index contributed by atoms with van der Waals surface area (Å²) < 4.78 is 5.46. The van der Waals surface area contributed by atoms with Crippen molar-refractivity contribution in [1.82, 2.24) is 0 Å². The van der Waals surface area contributed by atoms with Crippen molar-refractivity contribution in [3.05, 3.63) is 94.6 Å². The first-order chi connectivity index (χ1) is 13.7. The topological polar surface area (TPSA) is 63.4 Å². The van der Waals surface area contributed by atoms with E-state index in [9.17, 15) is 4.79 Å². The molecule has 1 heterocycles. The number of benzene rings is 3. The van der Waals surface area contributed by atoms with Gasteiger partial charge in [-0.15, -0.1) is 0 Å². The molecule has 1 aliphatic heterocycles. The summed E-state index contributed by atoms with van der Waals surface area (Å²) >= 11 is 0. The van der Waals surface area contributed by atoms with Gasteiger partial charge in [0.05, 0.1) is 23.0 Å². The molecule has 1 atom stereocenters. The Morgan fingerprint density at radius 2 is 1.68 bits per heavy atom. The van der Waals surface area contributed by atoms with Gasteiger partial charge in [0.1, 0.15) is 5.75 Å². The van der Waals surface area contributed by atoms with Crippen LogP contribution >= 0.6 is 0 Å². The molecule has 0 N–H and O–H groups in total. The number of hydrogen-bond acceptors (Lipinski definition) is 4. The van der Waals surface area contributed by atoms with E-state index in [4.69, 9.17) is 4.74 Å². The quantitative estimate of drug-likeness (QED) is 0.648. The van der Waals surface area contributed by atoms with Gasteiger partial charge < -0.3 is 4.74 Å². The van der Waals surface area contributed by atoms with Crippen molar-refractivity contribution in [1.29, 1.82) is 0 Å². The summed E-state index contributed by atoms with van der Waals surface area (Å²) in [5.41, 5.74) is 2.39. The van der Waals surface area contributed by atoms with Gasteiger partial charge >= 0.3 is 0 Å². The van der Waals surface area contributed by atoms with Crippen molar-refractivity contribution in [3.63, 3.8) is 0 Å². The zero-order valence-corrected chi connectivity index (χ0v) is 15.4. The number of ether oxygens (including phenoxy) is 1. The Bertz CT molecular complexity index is 1150. The molecule has 3 aromatic carbocycles. The normalized spacial score (nSPS) is 15.6. The molecular weight excluding hydrogens is 350 g/mol. The van der Waals surface area contributed by atoms with Crippen molar-refractivity contribution in [2.45, 2.75) is 13.0 Å². The molecule has 28 heavy (non-hydrogen) atoms. The highest BCUT2D eigenvalue weighted by molar-refractivity contribution is 5.88. The largest absolute Gasteiger partial charge is 0.494 e. The van der Waals surface area contributed by atoms with E-state index in [1.54, 1.807) is 12.3 Å². The van der Waals surface area contributed by atoms with Gasteiger partial charge in [0, 0.05) is 11.8 Å². The molecule has 0 aliphatic carbocycles. The molecule has 1 amide bonds. The molecule has 1 aliphatic rings. The van der Waals surface area contributed by atoms with Crippen LogP contribution in [0.1, 0.15) is 24.1 Å². The van der Waals surface area contributed by atoms with Crippen molar-refractivity contribution < 1.29 is 9.53 Å². The predicted molar refractivity (Wildman–Crippen MR) is 108 cm³/mol. The monoisotopic (exact) mass is 369 g/mol. The lowest BCUT2D eigenvalue weighted by Crippen LogP contribution is -2.33. The minimum atomic E-state index is -0.677. The van der Waals surface area contributed by atoms with E-state index in [0.717, 1.165) is 22.2 Å². The Morgan fingerprint density at radius 3 is 2.46 bits per heavy atom. The number of rotatable bonds is 5. The maximum Gasteiger partial charge on any atom is 0.275 e. The lowest BCUT2D eigenvalue weighted by atomic mass is 10.0. The highest BCUT2D eigenvalue weighted by Gasteiger charge is 2.24. The number of nitrogens with zero attached hydrogens (tertiary/aromatic N) is 3. The van der Waals surface area contributed by atoms with E-state index in [-0.39, 0.29) is 5.91 Å². The highest BCUT2D eigenvalue weighted by Crippen LogP contribution is 2.29. The number of fused-ring (bicyclic) bond motifs is 1. The van der Waals surface area contributed by atoms with Gasteiger partial charge in [0.2, 0.25) is 0 Å². The number of carbonyl (C=O) groups is 1. The van der Waals surface area contributed by atoms with Crippen molar-refractivity contribution in [3.8, 4) is 5.75 Å². The Kier molecular flexibility index (Phi) is 5.06. The molecule has 0 radical (unpaired) electrons. The third-order valence-corrected chi connectivity index (χ3v) is 4.39. The van der Waals surface area contributed by atoms with Gasteiger partial charge in [0.15, 0.2) is 6.04 Å². The van der Waals surface area contributed by atoms with Crippen molar-refractivity contribution >= 4 is 17.8 Å². The summed E-state index contributed by atoms with van der Waals surface area (Å²) in [4.78, 5) is 26.0. The van der Waals surface area contributed by atoms with E-state index in [0.29, 0.717) is 17.7 Å². The van der Waals surface area contributed by atoms with Crippen LogP contribution in [0.15, 0.2) is 87.8 Å². The number of aliphatic imine (C=N–C) groups is 1. The van der Waals surface area contributed by atoms with Gasteiger partial charge in [-0.1, -0.05) is 30.3 Å². The SMILES string of the molecule is CCOc1ccc(C=Nc2ccccc2C2N=c3ccccc3=NC2=O)cc1. The van der Waals surface area contributed by atoms with E-state index < -0.39 is 6.04 Å². The van der Waals surface area contributed by atoms with E-state index >= 15 is 0 Å². The highest BCUT2D eigenvalue weighted by atomic mass is 16.5. The lowest BCUT2D eigenvalue weighted by Gasteiger charge is -2.14. The van der Waals surface area contributed by atoms with Gasteiger partial charge in [-0.05, 0) is 55.0 Å². The van der Waals surface area contributed by atoms with Crippen LogP contribution < -0.4 is 15.5 Å². The molecule has 5 heteroatoms. The van der Waals surface area contributed by atoms with Crippen molar-refractivity contribution in [2.24, 2.45) is 15.0 Å². The standard InChI is InChI=1S/C23H19N3O2/c1-2-28-17-13-11-16(12-14-17)15-24-19-8-4-3-7-18(19)22-23(27)26-21-10-6-5-9-20(21)25-22/h3-15,22H,2H2,1H3. The Morgan fingerprint density at radius 1 is 0.964 bits per heavy atom. The van der Waals surface area contributed by atoms with Crippen LogP contribution in [-0.2, 0) is 4.79 Å². The molecule has 0 aromatic heterocycles. The summed E-state index contributed by atoms with van der Waals surface area (Å²) in [7, 11) is 0. The second-order valence-corrected chi connectivity index (χ2v) is 6.29. The smallest absolute Gasteiger partial charge is 0.275 e. The summed E-state index contributed by atoms with van der Waals surface area (Å²) in [6.07, 6.45) is 1.77. The minimum absolute atomic E-state index is 0.276. The Labute approximate surface area is 162 Å². The number of carbonyl (C=O) groups excluding carboxylic acids is 1. The maximum atomic E-state index is 12.6. The molecule has 138 valence electrons. The van der Waals surface area contributed by atoms with Gasteiger partial charge in [-0.25, -0.2) is 4.99 Å². The van der Waals surface area contributed by atoms with Crippen LogP contribution in [0.5, 0.6) is 5.75 Å². The molecule has 0 saturated heterocycles. The zero-order valence-electron chi connectivity index (χ0n) is 15.4. The third kappa shape index (κ3) is 3.74. The fraction of sp³-hybridized carbons (Fsp3) is 0.130. The Hall–Kier alpha value is -3.60. The zero-order chi connectivity index (χ0) is 19.3. The van der Waals surface area contributed by atoms with Crippen LogP contribution in [-0.4, -0.2) is 18.7 Å². The second kappa shape index (κ2) is 7.96. The van der Waals surface area contributed by atoms with Crippen LogP contribution in [0.2, 0.25) is 0 Å². The summed E-state index contributed by atoms with van der Waals surface area (Å²) in [5, 5.41) is 1.33. The molecule has 0 fully saturated rings. The summed E-state index contributed by atoms with van der Waals surface area (Å²) in [6.45, 7) is 2.59. The Balaban J connectivity index is 1.66. The first kappa shape index (κ1) is 17.8. The molecule has 0 saturated carbocycles.